The molecule has 132 valence electrons. The van der Waals surface area contributed by atoms with E-state index in [1.165, 1.54) is 16.1 Å². The minimum absolute atomic E-state index is 0.271. The van der Waals surface area contributed by atoms with Gasteiger partial charge in [-0.3, -0.25) is 4.68 Å². The zero-order valence-corrected chi connectivity index (χ0v) is 16.3. The molecule has 0 saturated heterocycles. The van der Waals surface area contributed by atoms with Crippen molar-refractivity contribution in [3.63, 3.8) is 0 Å². The Balaban J connectivity index is 2.00. The molecule has 0 saturated carbocycles. The fourth-order valence-corrected chi connectivity index (χ4v) is 3.38. The standard InChI is InChI=1S/C17H28N6S/c1-7-18-17(20-10-15-9-19-14(5)24-15)21-11(2)8-16-12(3)22-23(6)13(16)4/h9,11H,7-8,10H2,1-6H3,(H2,18,20,21). The van der Waals surface area contributed by atoms with Crippen LogP contribution in [0.25, 0.3) is 0 Å². The maximum absolute atomic E-state index is 4.67. The van der Waals surface area contributed by atoms with Gasteiger partial charge in [-0.1, -0.05) is 0 Å². The van der Waals surface area contributed by atoms with E-state index in [0.717, 1.165) is 29.6 Å². The number of hydrogen-bond acceptors (Lipinski definition) is 4. The minimum Gasteiger partial charge on any atom is -0.357 e. The van der Waals surface area contributed by atoms with E-state index in [4.69, 9.17) is 0 Å². The number of nitrogens with one attached hydrogen (secondary N) is 2. The Labute approximate surface area is 148 Å². The van der Waals surface area contributed by atoms with E-state index in [1.807, 2.05) is 24.9 Å². The Bertz CT molecular complexity index is 700. The van der Waals surface area contributed by atoms with Crippen molar-refractivity contribution >= 4 is 17.3 Å². The number of aryl methyl sites for hydroxylation is 3. The van der Waals surface area contributed by atoms with Crippen LogP contribution in [-0.4, -0.2) is 33.3 Å². The molecule has 1 atom stereocenters. The average Bonchev–Trinajstić information content (AvgIpc) is 3.04. The second-order valence-electron chi connectivity index (χ2n) is 6.06. The number of hydrogen-bond donors (Lipinski definition) is 2. The number of nitrogens with zero attached hydrogens (tertiary/aromatic N) is 4. The highest BCUT2D eigenvalue weighted by atomic mass is 32.1. The van der Waals surface area contributed by atoms with Crippen molar-refractivity contribution < 1.29 is 0 Å². The van der Waals surface area contributed by atoms with E-state index in [-0.39, 0.29) is 6.04 Å². The van der Waals surface area contributed by atoms with Crippen LogP contribution in [0.5, 0.6) is 0 Å². The predicted octanol–water partition coefficient (Wildman–Crippen LogP) is 2.49. The van der Waals surface area contributed by atoms with Crippen molar-refractivity contribution in [2.24, 2.45) is 12.0 Å². The SMILES string of the molecule is CCNC(=NCc1cnc(C)s1)NC(C)Cc1c(C)nn(C)c1C. The molecule has 2 rings (SSSR count). The first-order chi connectivity index (χ1) is 11.4. The first kappa shape index (κ1) is 18.4. The van der Waals surface area contributed by atoms with Crippen LogP contribution in [0.3, 0.4) is 0 Å². The highest BCUT2D eigenvalue weighted by Crippen LogP contribution is 2.14. The van der Waals surface area contributed by atoms with Gasteiger partial charge < -0.3 is 10.6 Å². The number of aliphatic imine (C=N–C) groups is 1. The molecule has 2 heterocycles. The van der Waals surface area contributed by atoms with Crippen LogP contribution in [0, 0.1) is 20.8 Å². The third-order valence-corrected chi connectivity index (χ3v) is 4.86. The Morgan fingerprint density at radius 2 is 2.12 bits per heavy atom. The number of rotatable bonds is 6. The first-order valence-electron chi connectivity index (χ1n) is 8.36. The second kappa shape index (κ2) is 8.28. The summed E-state index contributed by atoms with van der Waals surface area (Å²) in [6.07, 6.45) is 2.83. The molecule has 0 aliphatic heterocycles. The lowest BCUT2D eigenvalue weighted by Gasteiger charge is -2.18. The van der Waals surface area contributed by atoms with Crippen molar-refractivity contribution in [3.05, 3.63) is 33.0 Å². The van der Waals surface area contributed by atoms with Crippen molar-refractivity contribution in [1.29, 1.82) is 0 Å². The molecule has 0 bridgehead atoms. The van der Waals surface area contributed by atoms with Gasteiger partial charge in [0.05, 0.1) is 17.2 Å². The van der Waals surface area contributed by atoms with Gasteiger partial charge in [-0.15, -0.1) is 11.3 Å². The van der Waals surface area contributed by atoms with Crippen molar-refractivity contribution in [2.75, 3.05) is 6.54 Å². The number of thiazole rings is 1. The molecule has 6 nitrogen and oxygen atoms in total. The number of aromatic nitrogens is 3. The average molecular weight is 349 g/mol. The molecule has 0 spiro atoms. The summed E-state index contributed by atoms with van der Waals surface area (Å²) in [6, 6.07) is 0.271. The molecule has 0 aromatic carbocycles. The third-order valence-electron chi connectivity index (χ3n) is 3.96. The van der Waals surface area contributed by atoms with Gasteiger partial charge in [-0.25, -0.2) is 9.98 Å². The maximum Gasteiger partial charge on any atom is 0.191 e. The minimum atomic E-state index is 0.271. The summed E-state index contributed by atoms with van der Waals surface area (Å²) in [7, 11) is 1.99. The molecule has 0 aliphatic rings. The molecule has 24 heavy (non-hydrogen) atoms. The van der Waals surface area contributed by atoms with E-state index in [2.05, 4.69) is 53.4 Å². The van der Waals surface area contributed by atoms with E-state index < -0.39 is 0 Å². The fraction of sp³-hybridized carbons (Fsp3) is 0.588. The summed E-state index contributed by atoms with van der Waals surface area (Å²) >= 11 is 1.69. The summed E-state index contributed by atoms with van der Waals surface area (Å²) in [5, 5.41) is 12.4. The molecular weight excluding hydrogens is 320 g/mol. The van der Waals surface area contributed by atoms with Crippen molar-refractivity contribution in [3.8, 4) is 0 Å². The molecule has 7 heteroatoms. The summed E-state index contributed by atoms with van der Waals surface area (Å²) < 4.78 is 1.95. The topological polar surface area (TPSA) is 67.1 Å². The fourth-order valence-electron chi connectivity index (χ4n) is 2.66. The monoisotopic (exact) mass is 348 g/mol. The van der Waals surface area contributed by atoms with Crippen LogP contribution >= 0.6 is 11.3 Å². The predicted molar refractivity (Wildman–Crippen MR) is 101 cm³/mol. The van der Waals surface area contributed by atoms with Crippen molar-refractivity contribution in [1.82, 2.24) is 25.4 Å². The lowest BCUT2D eigenvalue weighted by atomic mass is 10.1. The second-order valence-corrected chi connectivity index (χ2v) is 7.38. The third kappa shape index (κ3) is 4.80. The lowest BCUT2D eigenvalue weighted by molar-refractivity contribution is 0.636. The Hall–Kier alpha value is -1.89. The smallest absolute Gasteiger partial charge is 0.191 e. The van der Waals surface area contributed by atoms with Crippen LogP contribution in [-0.2, 0) is 20.0 Å². The zero-order valence-electron chi connectivity index (χ0n) is 15.5. The summed E-state index contributed by atoms with van der Waals surface area (Å²) in [4.78, 5) is 10.1. The summed E-state index contributed by atoms with van der Waals surface area (Å²) in [5.74, 6) is 0.843. The number of guanidine groups is 1. The van der Waals surface area contributed by atoms with Gasteiger partial charge in [-0.05, 0) is 46.6 Å². The molecule has 2 N–H and O–H groups in total. The van der Waals surface area contributed by atoms with Crippen LogP contribution in [0.4, 0.5) is 0 Å². The lowest BCUT2D eigenvalue weighted by Crippen LogP contribution is -2.43. The summed E-state index contributed by atoms with van der Waals surface area (Å²) in [6.45, 7) is 11.9. The molecule has 0 radical (unpaired) electrons. The molecule has 0 fully saturated rings. The Morgan fingerprint density at radius 3 is 2.67 bits per heavy atom. The van der Waals surface area contributed by atoms with Gasteiger partial charge in [0.2, 0.25) is 0 Å². The zero-order chi connectivity index (χ0) is 17.7. The van der Waals surface area contributed by atoms with Gasteiger partial charge in [0.25, 0.3) is 0 Å². The van der Waals surface area contributed by atoms with Gasteiger partial charge in [0, 0.05) is 36.4 Å². The molecule has 2 aromatic heterocycles. The van der Waals surface area contributed by atoms with Gasteiger partial charge in [0.1, 0.15) is 0 Å². The molecule has 0 aliphatic carbocycles. The van der Waals surface area contributed by atoms with E-state index >= 15 is 0 Å². The van der Waals surface area contributed by atoms with Crippen molar-refractivity contribution in [2.45, 2.75) is 53.6 Å². The maximum atomic E-state index is 4.67. The highest BCUT2D eigenvalue weighted by molar-refractivity contribution is 7.11. The Morgan fingerprint density at radius 1 is 1.38 bits per heavy atom. The van der Waals surface area contributed by atoms with E-state index in [9.17, 15) is 0 Å². The van der Waals surface area contributed by atoms with Gasteiger partial charge in [0.15, 0.2) is 5.96 Å². The Kier molecular flexibility index (Phi) is 6.36. The quantitative estimate of drug-likeness (QED) is 0.622. The normalized spacial score (nSPS) is 13.2. The molecule has 1 unspecified atom stereocenters. The van der Waals surface area contributed by atoms with Crippen LogP contribution in [0.2, 0.25) is 0 Å². The first-order valence-corrected chi connectivity index (χ1v) is 9.17. The van der Waals surface area contributed by atoms with Crippen LogP contribution < -0.4 is 10.6 Å². The van der Waals surface area contributed by atoms with Gasteiger partial charge in [-0.2, -0.15) is 5.10 Å². The van der Waals surface area contributed by atoms with Crippen LogP contribution in [0.1, 0.15) is 40.7 Å². The molecule has 2 aromatic rings. The highest BCUT2D eigenvalue weighted by Gasteiger charge is 2.14. The summed E-state index contributed by atoms with van der Waals surface area (Å²) in [5.41, 5.74) is 3.64. The van der Waals surface area contributed by atoms with E-state index in [0.29, 0.717) is 6.54 Å². The van der Waals surface area contributed by atoms with Crippen LogP contribution in [0.15, 0.2) is 11.2 Å². The van der Waals surface area contributed by atoms with Gasteiger partial charge >= 0.3 is 0 Å². The molecular formula is C17H28N6S. The van der Waals surface area contributed by atoms with E-state index in [1.54, 1.807) is 11.3 Å². The largest absolute Gasteiger partial charge is 0.357 e. The molecule has 0 amide bonds.